The van der Waals surface area contributed by atoms with E-state index in [1.54, 1.807) is 0 Å². The number of nitrogens with one attached hydrogen (secondary N) is 1. The Morgan fingerprint density at radius 2 is 2.23 bits per heavy atom. The third-order valence-corrected chi connectivity index (χ3v) is 2.12. The van der Waals surface area contributed by atoms with Crippen LogP contribution in [0.3, 0.4) is 0 Å². The molecule has 0 aromatic heterocycles. The fourth-order valence-electron chi connectivity index (χ4n) is 1.40. The number of hydrogen-bond acceptors (Lipinski definition) is 2. The maximum Gasteiger partial charge on any atom is 0.324 e. The van der Waals surface area contributed by atoms with Gasteiger partial charge in [-0.2, -0.15) is 0 Å². The number of hydrogen-bond donors (Lipinski definition) is 1. The van der Waals surface area contributed by atoms with Gasteiger partial charge in [0.1, 0.15) is 0 Å². The first-order valence-electron chi connectivity index (χ1n) is 4.73. The van der Waals surface area contributed by atoms with E-state index in [-0.39, 0.29) is 17.9 Å². The quantitative estimate of drug-likeness (QED) is 0.695. The first kappa shape index (κ1) is 10.0. The summed E-state index contributed by atoms with van der Waals surface area (Å²) in [5.41, 5.74) is 0. The number of amides is 3. The number of rotatable bonds is 2. The predicted molar refractivity (Wildman–Crippen MR) is 49.2 cm³/mol. The molecule has 0 saturated carbocycles. The number of nitrogens with zero attached hydrogens (tertiary/aromatic N) is 1. The van der Waals surface area contributed by atoms with Crippen LogP contribution in [0, 0.1) is 5.92 Å². The van der Waals surface area contributed by atoms with Crippen molar-refractivity contribution in [3.63, 3.8) is 0 Å². The molecule has 1 unspecified atom stereocenters. The van der Waals surface area contributed by atoms with Crippen molar-refractivity contribution in [1.29, 1.82) is 0 Å². The van der Waals surface area contributed by atoms with Crippen LogP contribution in [-0.2, 0) is 4.79 Å². The van der Waals surface area contributed by atoms with Gasteiger partial charge >= 0.3 is 6.03 Å². The molecule has 1 aliphatic heterocycles. The van der Waals surface area contributed by atoms with Crippen LogP contribution in [0.25, 0.3) is 0 Å². The highest BCUT2D eigenvalue weighted by atomic mass is 16.2. The van der Waals surface area contributed by atoms with Crippen LogP contribution in [-0.4, -0.2) is 29.9 Å². The van der Waals surface area contributed by atoms with Gasteiger partial charge in [-0.1, -0.05) is 13.8 Å². The summed E-state index contributed by atoms with van der Waals surface area (Å²) < 4.78 is 0. The van der Waals surface area contributed by atoms with Gasteiger partial charge in [0.25, 0.3) is 0 Å². The summed E-state index contributed by atoms with van der Waals surface area (Å²) in [5, 5.41) is 2.73. The second-order valence-corrected chi connectivity index (χ2v) is 3.54. The summed E-state index contributed by atoms with van der Waals surface area (Å²) in [6.07, 6.45) is 1.28. The molecular formula is C9H16N2O2. The van der Waals surface area contributed by atoms with E-state index in [2.05, 4.69) is 5.32 Å². The van der Waals surface area contributed by atoms with Crippen molar-refractivity contribution in [2.75, 3.05) is 13.1 Å². The van der Waals surface area contributed by atoms with Crippen LogP contribution in [0.15, 0.2) is 0 Å². The van der Waals surface area contributed by atoms with Crippen LogP contribution in [0.2, 0.25) is 0 Å². The van der Waals surface area contributed by atoms with Crippen molar-refractivity contribution in [2.45, 2.75) is 26.7 Å². The Hall–Kier alpha value is -1.06. The first-order valence-corrected chi connectivity index (χ1v) is 4.73. The highest BCUT2D eigenvalue weighted by Gasteiger charge is 2.25. The molecular weight excluding hydrogens is 168 g/mol. The Labute approximate surface area is 78.3 Å². The minimum absolute atomic E-state index is 0.0515. The molecule has 0 aromatic carbocycles. The van der Waals surface area contributed by atoms with Crippen molar-refractivity contribution >= 4 is 11.9 Å². The van der Waals surface area contributed by atoms with E-state index in [0.717, 1.165) is 6.42 Å². The van der Waals surface area contributed by atoms with Gasteiger partial charge in [-0.3, -0.25) is 9.69 Å². The van der Waals surface area contributed by atoms with Crippen molar-refractivity contribution in [3.05, 3.63) is 0 Å². The Morgan fingerprint density at radius 1 is 1.54 bits per heavy atom. The lowest BCUT2D eigenvalue weighted by atomic mass is 10.1. The lowest BCUT2D eigenvalue weighted by Gasteiger charge is -2.16. The zero-order valence-electron chi connectivity index (χ0n) is 8.17. The summed E-state index contributed by atoms with van der Waals surface area (Å²) in [5.74, 6) is 0.197. The number of urea groups is 1. The summed E-state index contributed by atoms with van der Waals surface area (Å²) in [7, 11) is 0. The molecule has 3 amide bonds. The van der Waals surface area contributed by atoms with E-state index in [9.17, 15) is 9.59 Å². The highest BCUT2D eigenvalue weighted by Crippen LogP contribution is 2.09. The molecule has 1 heterocycles. The fraction of sp³-hybridized carbons (Fsp3) is 0.778. The first-order chi connectivity index (χ1) is 6.15. The Kier molecular flexibility index (Phi) is 3.28. The zero-order chi connectivity index (χ0) is 9.84. The molecule has 0 spiro atoms. The van der Waals surface area contributed by atoms with Gasteiger partial charge in [0.15, 0.2) is 0 Å². The van der Waals surface area contributed by atoms with E-state index < -0.39 is 0 Å². The smallest absolute Gasteiger partial charge is 0.324 e. The van der Waals surface area contributed by atoms with Gasteiger partial charge in [0, 0.05) is 19.5 Å². The van der Waals surface area contributed by atoms with Gasteiger partial charge in [-0.05, 0) is 12.3 Å². The molecule has 1 rings (SSSR count). The van der Waals surface area contributed by atoms with Gasteiger partial charge in [-0.25, -0.2) is 4.79 Å². The van der Waals surface area contributed by atoms with E-state index in [4.69, 9.17) is 0 Å². The van der Waals surface area contributed by atoms with Crippen LogP contribution in [0.1, 0.15) is 26.7 Å². The van der Waals surface area contributed by atoms with E-state index >= 15 is 0 Å². The fourth-order valence-corrected chi connectivity index (χ4v) is 1.40. The molecule has 0 aliphatic carbocycles. The van der Waals surface area contributed by atoms with Crippen LogP contribution in [0.5, 0.6) is 0 Å². The molecule has 1 fully saturated rings. The SMILES string of the molecule is CCCN1C(=O)CC(C)CNC1=O. The van der Waals surface area contributed by atoms with E-state index in [1.807, 2.05) is 13.8 Å². The highest BCUT2D eigenvalue weighted by molar-refractivity contribution is 5.95. The van der Waals surface area contributed by atoms with Crippen molar-refractivity contribution in [1.82, 2.24) is 10.2 Å². The zero-order valence-corrected chi connectivity index (χ0v) is 8.17. The Morgan fingerprint density at radius 3 is 2.85 bits per heavy atom. The average Bonchev–Trinajstić information content (AvgIpc) is 2.19. The third kappa shape index (κ3) is 2.44. The molecule has 13 heavy (non-hydrogen) atoms. The minimum Gasteiger partial charge on any atom is -0.337 e. The Bertz CT molecular complexity index is 216. The van der Waals surface area contributed by atoms with Crippen LogP contribution >= 0.6 is 0 Å². The largest absolute Gasteiger partial charge is 0.337 e. The molecule has 1 atom stereocenters. The summed E-state index contributed by atoms with van der Waals surface area (Å²) in [6.45, 7) is 5.05. The summed E-state index contributed by atoms with van der Waals surface area (Å²) in [4.78, 5) is 24.2. The molecule has 1 saturated heterocycles. The molecule has 1 N–H and O–H groups in total. The van der Waals surface area contributed by atoms with Crippen molar-refractivity contribution in [3.8, 4) is 0 Å². The summed E-state index contributed by atoms with van der Waals surface area (Å²) in [6, 6.07) is -0.240. The molecule has 4 nitrogen and oxygen atoms in total. The van der Waals surface area contributed by atoms with Gasteiger partial charge < -0.3 is 5.32 Å². The standard InChI is InChI=1S/C9H16N2O2/c1-3-4-11-8(12)5-7(2)6-10-9(11)13/h7H,3-6H2,1-2H3,(H,10,13). The lowest BCUT2D eigenvalue weighted by Crippen LogP contribution is -2.41. The monoisotopic (exact) mass is 184 g/mol. The molecule has 0 radical (unpaired) electrons. The van der Waals surface area contributed by atoms with Crippen LogP contribution in [0.4, 0.5) is 4.79 Å². The third-order valence-electron chi connectivity index (χ3n) is 2.12. The van der Waals surface area contributed by atoms with Crippen molar-refractivity contribution < 1.29 is 9.59 Å². The maximum absolute atomic E-state index is 11.5. The van der Waals surface area contributed by atoms with Gasteiger partial charge in [0.2, 0.25) is 5.91 Å². The number of imide groups is 1. The van der Waals surface area contributed by atoms with E-state index in [0.29, 0.717) is 19.5 Å². The average molecular weight is 184 g/mol. The van der Waals surface area contributed by atoms with E-state index in [1.165, 1.54) is 4.90 Å². The topological polar surface area (TPSA) is 49.4 Å². The predicted octanol–water partition coefficient (Wildman–Crippen LogP) is 0.974. The molecule has 4 heteroatoms. The second kappa shape index (κ2) is 4.25. The molecule has 1 aliphatic rings. The summed E-state index contributed by atoms with van der Waals surface area (Å²) >= 11 is 0. The van der Waals surface area contributed by atoms with Crippen LogP contribution < -0.4 is 5.32 Å². The minimum atomic E-state index is -0.240. The second-order valence-electron chi connectivity index (χ2n) is 3.54. The normalized spacial score (nSPS) is 24.2. The maximum atomic E-state index is 11.5. The van der Waals surface area contributed by atoms with Gasteiger partial charge in [0.05, 0.1) is 0 Å². The lowest BCUT2D eigenvalue weighted by molar-refractivity contribution is -0.128. The Balaban J connectivity index is 2.67. The number of carbonyl (C=O) groups is 2. The number of carbonyl (C=O) groups excluding carboxylic acids is 2. The van der Waals surface area contributed by atoms with Crippen molar-refractivity contribution in [2.24, 2.45) is 5.92 Å². The molecule has 74 valence electrons. The molecule has 0 aromatic rings. The van der Waals surface area contributed by atoms with Gasteiger partial charge in [-0.15, -0.1) is 0 Å². The molecule has 0 bridgehead atoms.